The summed E-state index contributed by atoms with van der Waals surface area (Å²) in [5.74, 6) is 1.01. The lowest BCUT2D eigenvalue weighted by Crippen LogP contribution is -2.31. The molecule has 5 nitrogen and oxygen atoms in total. The van der Waals surface area contributed by atoms with E-state index in [1.165, 1.54) is 11.1 Å². The van der Waals surface area contributed by atoms with Crippen LogP contribution in [-0.2, 0) is 28.4 Å². The summed E-state index contributed by atoms with van der Waals surface area (Å²) >= 11 is 1.61. The number of nitrogens with zero attached hydrogens (tertiary/aromatic N) is 2. The number of thioether (sulfide) groups is 1. The molecule has 0 unspecified atom stereocenters. The van der Waals surface area contributed by atoms with Gasteiger partial charge in [0.15, 0.2) is 9.84 Å². The molecule has 1 atom stereocenters. The minimum atomic E-state index is -3.03. The molecular weight excluding hydrogens is 368 g/mol. The van der Waals surface area contributed by atoms with Crippen LogP contribution >= 0.6 is 11.8 Å². The first-order chi connectivity index (χ1) is 12.4. The second kappa shape index (κ2) is 6.85. The Morgan fingerprint density at radius 3 is 2.69 bits per heavy atom. The van der Waals surface area contributed by atoms with Gasteiger partial charge in [0, 0.05) is 17.0 Å². The van der Waals surface area contributed by atoms with E-state index in [9.17, 15) is 13.2 Å². The van der Waals surface area contributed by atoms with E-state index < -0.39 is 9.84 Å². The number of hydrogen-bond acceptors (Lipinski definition) is 5. The lowest BCUT2D eigenvalue weighted by Gasteiger charge is -2.18. The fourth-order valence-corrected chi connectivity index (χ4v) is 6.59. The summed E-state index contributed by atoms with van der Waals surface area (Å²) in [4.78, 5) is 17.0. The lowest BCUT2D eigenvalue weighted by atomic mass is 10.2. The smallest absolute Gasteiger partial charge is 0.292 e. The molecule has 2 aromatic rings. The van der Waals surface area contributed by atoms with Gasteiger partial charge in [-0.3, -0.25) is 4.57 Å². The predicted octanol–water partition coefficient (Wildman–Crippen LogP) is 2.69. The molecule has 1 aromatic carbocycles. The summed E-state index contributed by atoms with van der Waals surface area (Å²) in [6.45, 7) is 2.06. The standard InChI is InChI=1S/C19H22N2O3S2/c1-13-5-7-14(8-6-13)11-25-18-16-3-2-4-17(16)21(19(22)20-18)15-9-10-26(23,24)12-15/h5-8,15H,2-4,9-12H2,1H3/t15-/m1/s1. The first kappa shape index (κ1) is 17.8. The maximum atomic E-state index is 12.7. The van der Waals surface area contributed by atoms with Gasteiger partial charge in [0.1, 0.15) is 5.03 Å². The largest absolute Gasteiger partial charge is 0.349 e. The quantitative estimate of drug-likeness (QED) is 0.593. The van der Waals surface area contributed by atoms with Crippen molar-refractivity contribution in [3.63, 3.8) is 0 Å². The van der Waals surface area contributed by atoms with Crippen LogP contribution in [0.1, 0.15) is 41.3 Å². The van der Waals surface area contributed by atoms with Crippen molar-refractivity contribution in [3.05, 3.63) is 57.1 Å². The van der Waals surface area contributed by atoms with Crippen molar-refractivity contribution in [2.24, 2.45) is 0 Å². The highest BCUT2D eigenvalue weighted by Gasteiger charge is 2.33. The Kier molecular flexibility index (Phi) is 4.69. The zero-order valence-electron chi connectivity index (χ0n) is 14.8. The second-order valence-electron chi connectivity index (χ2n) is 7.18. The molecule has 1 saturated heterocycles. The van der Waals surface area contributed by atoms with Crippen molar-refractivity contribution >= 4 is 21.6 Å². The number of sulfone groups is 1. The van der Waals surface area contributed by atoms with Crippen molar-refractivity contribution in [1.29, 1.82) is 0 Å². The third-order valence-corrected chi connectivity index (χ3v) is 8.05. The molecule has 1 aromatic heterocycles. The summed E-state index contributed by atoms with van der Waals surface area (Å²) < 4.78 is 25.4. The average Bonchev–Trinajstić information content (AvgIpc) is 3.20. The second-order valence-corrected chi connectivity index (χ2v) is 10.4. The zero-order valence-corrected chi connectivity index (χ0v) is 16.4. The van der Waals surface area contributed by atoms with Gasteiger partial charge < -0.3 is 0 Å². The van der Waals surface area contributed by atoms with Crippen molar-refractivity contribution in [2.75, 3.05) is 11.5 Å². The molecular formula is C19H22N2O3S2. The van der Waals surface area contributed by atoms with Gasteiger partial charge in [-0.1, -0.05) is 29.8 Å². The van der Waals surface area contributed by atoms with E-state index in [1.54, 1.807) is 16.3 Å². The number of aromatic nitrogens is 2. The number of hydrogen-bond donors (Lipinski definition) is 0. The van der Waals surface area contributed by atoms with Crippen LogP contribution in [0.5, 0.6) is 0 Å². The van der Waals surface area contributed by atoms with Gasteiger partial charge in [0.05, 0.1) is 17.5 Å². The minimum absolute atomic E-state index is 0.0664. The van der Waals surface area contributed by atoms with Crippen molar-refractivity contribution < 1.29 is 8.42 Å². The number of benzene rings is 1. The Labute approximate surface area is 157 Å². The lowest BCUT2D eigenvalue weighted by molar-refractivity contribution is 0.502. The van der Waals surface area contributed by atoms with E-state index >= 15 is 0 Å². The fourth-order valence-electron chi connectivity index (χ4n) is 3.86. The van der Waals surface area contributed by atoms with E-state index in [2.05, 4.69) is 36.2 Å². The normalized spacial score (nSPS) is 21.0. The van der Waals surface area contributed by atoms with Crippen LogP contribution in [0.4, 0.5) is 0 Å². The van der Waals surface area contributed by atoms with Crippen LogP contribution in [0.2, 0.25) is 0 Å². The maximum Gasteiger partial charge on any atom is 0.349 e. The summed E-state index contributed by atoms with van der Waals surface area (Å²) in [5, 5.41) is 0.820. The molecule has 1 fully saturated rings. The van der Waals surface area contributed by atoms with E-state index in [0.29, 0.717) is 6.42 Å². The summed E-state index contributed by atoms with van der Waals surface area (Å²) in [6.07, 6.45) is 3.27. The highest BCUT2D eigenvalue weighted by Crippen LogP contribution is 2.34. The van der Waals surface area contributed by atoms with Crippen LogP contribution in [0, 0.1) is 6.92 Å². The topological polar surface area (TPSA) is 69.0 Å². The molecule has 0 saturated carbocycles. The van der Waals surface area contributed by atoms with Gasteiger partial charge >= 0.3 is 5.69 Å². The molecule has 138 valence electrons. The van der Waals surface area contributed by atoms with Gasteiger partial charge in [-0.25, -0.2) is 13.2 Å². The van der Waals surface area contributed by atoms with Gasteiger partial charge in [-0.2, -0.15) is 4.98 Å². The molecule has 0 amide bonds. The Morgan fingerprint density at radius 1 is 1.23 bits per heavy atom. The van der Waals surface area contributed by atoms with Crippen LogP contribution in [0.3, 0.4) is 0 Å². The van der Waals surface area contributed by atoms with Gasteiger partial charge in [-0.05, 0) is 38.2 Å². The van der Waals surface area contributed by atoms with E-state index in [4.69, 9.17) is 0 Å². The highest BCUT2D eigenvalue weighted by molar-refractivity contribution is 7.98. The molecule has 0 bridgehead atoms. The monoisotopic (exact) mass is 390 g/mol. The molecule has 7 heteroatoms. The summed E-state index contributed by atoms with van der Waals surface area (Å²) in [7, 11) is -3.03. The molecule has 0 N–H and O–H groups in total. The van der Waals surface area contributed by atoms with Crippen LogP contribution < -0.4 is 5.69 Å². The van der Waals surface area contributed by atoms with E-state index in [0.717, 1.165) is 41.3 Å². The SMILES string of the molecule is Cc1ccc(CSc2nc(=O)n([C@@H]3CCS(=O)(=O)C3)c3c2CCC3)cc1. The van der Waals surface area contributed by atoms with Crippen molar-refractivity contribution in [1.82, 2.24) is 9.55 Å². The van der Waals surface area contributed by atoms with Crippen LogP contribution in [-0.4, -0.2) is 29.5 Å². The Morgan fingerprint density at radius 2 is 2.00 bits per heavy atom. The predicted molar refractivity (Wildman–Crippen MR) is 104 cm³/mol. The molecule has 26 heavy (non-hydrogen) atoms. The van der Waals surface area contributed by atoms with Gasteiger partial charge in [0.25, 0.3) is 0 Å². The van der Waals surface area contributed by atoms with Crippen LogP contribution in [0.25, 0.3) is 0 Å². The molecule has 2 aliphatic rings. The Bertz CT molecular complexity index is 995. The zero-order chi connectivity index (χ0) is 18.3. The molecule has 0 spiro atoms. The first-order valence-electron chi connectivity index (χ1n) is 8.96. The third kappa shape index (κ3) is 3.47. The number of fused-ring (bicyclic) bond motifs is 1. The third-order valence-electron chi connectivity index (χ3n) is 5.21. The first-order valence-corrected chi connectivity index (χ1v) is 11.8. The number of rotatable bonds is 4. The van der Waals surface area contributed by atoms with E-state index in [-0.39, 0.29) is 23.2 Å². The van der Waals surface area contributed by atoms with Gasteiger partial charge in [-0.15, -0.1) is 11.8 Å². The van der Waals surface area contributed by atoms with E-state index in [1.807, 2.05) is 0 Å². The summed E-state index contributed by atoms with van der Waals surface area (Å²) in [5.41, 5.74) is 4.30. The average molecular weight is 391 g/mol. The Balaban J connectivity index is 1.64. The Hall–Kier alpha value is -1.60. The maximum absolute atomic E-state index is 12.7. The molecule has 0 radical (unpaired) electrons. The molecule has 1 aliphatic carbocycles. The minimum Gasteiger partial charge on any atom is -0.292 e. The number of aryl methyl sites for hydroxylation is 1. The highest BCUT2D eigenvalue weighted by atomic mass is 32.2. The van der Waals surface area contributed by atoms with Gasteiger partial charge in [0.2, 0.25) is 0 Å². The summed E-state index contributed by atoms with van der Waals surface area (Å²) in [6, 6.07) is 8.14. The fraction of sp³-hybridized carbons (Fsp3) is 0.474. The van der Waals surface area contributed by atoms with Crippen molar-refractivity contribution in [2.45, 2.75) is 49.4 Å². The van der Waals surface area contributed by atoms with Crippen molar-refractivity contribution in [3.8, 4) is 0 Å². The van der Waals surface area contributed by atoms with Crippen LogP contribution in [0.15, 0.2) is 34.1 Å². The molecule has 1 aliphatic heterocycles. The molecule has 4 rings (SSSR count). The molecule has 2 heterocycles.